The summed E-state index contributed by atoms with van der Waals surface area (Å²) in [5.41, 5.74) is 1.59. The SMILES string of the molecule is CCC(O)CNC(=O)c1cccc(N(C)C)c1. The standard InChI is InChI=1S/C13H20N2O2/c1-4-12(16)9-14-13(17)10-6-5-7-11(8-10)15(2)3/h5-8,12,16H,4,9H2,1-3H3,(H,14,17). The molecule has 1 amide bonds. The maximum absolute atomic E-state index is 11.8. The molecular formula is C13H20N2O2. The topological polar surface area (TPSA) is 52.6 Å². The first-order valence-electron chi connectivity index (χ1n) is 5.78. The molecule has 0 bridgehead atoms. The fourth-order valence-electron chi connectivity index (χ4n) is 1.38. The average Bonchev–Trinajstić information content (AvgIpc) is 2.35. The molecule has 1 atom stereocenters. The van der Waals surface area contributed by atoms with Gasteiger partial charge in [-0.05, 0) is 24.6 Å². The fraction of sp³-hybridized carbons (Fsp3) is 0.462. The highest BCUT2D eigenvalue weighted by Crippen LogP contribution is 2.13. The molecule has 94 valence electrons. The van der Waals surface area contributed by atoms with Gasteiger partial charge in [0, 0.05) is 31.9 Å². The highest BCUT2D eigenvalue weighted by molar-refractivity contribution is 5.95. The summed E-state index contributed by atoms with van der Waals surface area (Å²) in [7, 11) is 3.86. The second-order valence-corrected chi connectivity index (χ2v) is 4.22. The van der Waals surface area contributed by atoms with Crippen molar-refractivity contribution in [3.05, 3.63) is 29.8 Å². The molecule has 0 aromatic heterocycles. The van der Waals surface area contributed by atoms with Crippen molar-refractivity contribution >= 4 is 11.6 Å². The van der Waals surface area contributed by atoms with Crippen LogP contribution in [0.25, 0.3) is 0 Å². The van der Waals surface area contributed by atoms with Crippen LogP contribution in [0, 0.1) is 0 Å². The van der Waals surface area contributed by atoms with Crippen LogP contribution in [0.1, 0.15) is 23.7 Å². The lowest BCUT2D eigenvalue weighted by molar-refractivity contribution is 0.0914. The summed E-state index contributed by atoms with van der Waals surface area (Å²) in [5.74, 6) is -0.152. The van der Waals surface area contributed by atoms with Crippen LogP contribution >= 0.6 is 0 Å². The zero-order valence-corrected chi connectivity index (χ0v) is 10.6. The number of carbonyl (C=O) groups excluding carboxylic acids is 1. The van der Waals surface area contributed by atoms with Crippen LogP contribution in [0.2, 0.25) is 0 Å². The van der Waals surface area contributed by atoms with Gasteiger partial charge in [0.15, 0.2) is 0 Å². The molecular weight excluding hydrogens is 216 g/mol. The average molecular weight is 236 g/mol. The number of amides is 1. The summed E-state index contributed by atoms with van der Waals surface area (Å²) in [6.45, 7) is 2.17. The van der Waals surface area contributed by atoms with E-state index in [2.05, 4.69) is 5.32 Å². The second-order valence-electron chi connectivity index (χ2n) is 4.22. The summed E-state index contributed by atoms with van der Waals surface area (Å²) >= 11 is 0. The van der Waals surface area contributed by atoms with Crippen molar-refractivity contribution in [3.8, 4) is 0 Å². The van der Waals surface area contributed by atoms with Gasteiger partial charge in [0.25, 0.3) is 5.91 Å². The van der Waals surface area contributed by atoms with Crippen molar-refractivity contribution < 1.29 is 9.90 Å². The molecule has 0 fully saturated rings. The number of aliphatic hydroxyl groups excluding tert-OH is 1. The molecule has 0 saturated heterocycles. The Morgan fingerprint density at radius 1 is 1.47 bits per heavy atom. The third kappa shape index (κ3) is 4.07. The van der Waals surface area contributed by atoms with Gasteiger partial charge in [-0.15, -0.1) is 0 Å². The van der Waals surface area contributed by atoms with Crippen LogP contribution < -0.4 is 10.2 Å². The minimum Gasteiger partial charge on any atom is -0.391 e. The molecule has 1 aromatic rings. The van der Waals surface area contributed by atoms with Gasteiger partial charge in [0.2, 0.25) is 0 Å². The summed E-state index contributed by atoms with van der Waals surface area (Å²) in [4.78, 5) is 13.7. The Bertz CT molecular complexity index is 377. The zero-order chi connectivity index (χ0) is 12.8. The third-order valence-corrected chi connectivity index (χ3v) is 2.59. The summed E-state index contributed by atoms with van der Waals surface area (Å²) in [6.07, 6.45) is 0.161. The van der Waals surface area contributed by atoms with Gasteiger partial charge in [-0.3, -0.25) is 4.79 Å². The van der Waals surface area contributed by atoms with Crippen LogP contribution in [0.5, 0.6) is 0 Å². The van der Waals surface area contributed by atoms with Crippen molar-refractivity contribution in [3.63, 3.8) is 0 Å². The number of benzene rings is 1. The number of anilines is 1. The van der Waals surface area contributed by atoms with E-state index in [1.54, 1.807) is 6.07 Å². The van der Waals surface area contributed by atoms with E-state index in [0.717, 1.165) is 5.69 Å². The van der Waals surface area contributed by atoms with Crippen LogP contribution in [-0.2, 0) is 0 Å². The minimum atomic E-state index is -0.476. The molecule has 1 unspecified atom stereocenters. The van der Waals surface area contributed by atoms with Crippen LogP contribution in [0.4, 0.5) is 5.69 Å². The maximum Gasteiger partial charge on any atom is 0.251 e. The van der Waals surface area contributed by atoms with Gasteiger partial charge < -0.3 is 15.3 Å². The largest absolute Gasteiger partial charge is 0.391 e. The number of nitrogens with one attached hydrogen (secondary N) is 1. The molecule has 0 saturated carbocycles. The van der Waals surface area contributed by atoms with Crippen molar-refractivity contribution in [2.75, 3.05) is 25.5 Å². The Morgan fingerprint density at radius 3 is 2.76 bits per heavy atom. The van der Waals surface area contributed by atoms with Gasteiger partial charge in [-0.2, -0.15) is 0 Å². The first-order valence-corrected chi connectivity index (χ1v) is 5.78. The highest BCUT2D eigenvalue weighted by atomic mass is 16.3. The van der Waals surface area contributed by atoms with E-state index in [4.69, 9.17) is 0 Å². The summed E-state index contributed by atoms with van der Waals surface area (Å²) in [5, 5.41) is 12.1. The monoisotopic (exact) mass is 236 g/mol. The number of rotatable bonds is 5. The van der Waals surface area contributed by atoms with Crippen molar-refractivity contribution in [2.24, 2.45) is 0 Å². The minimum absolute atomic E-state index is 0.152. The van der Waals surface area contributed by atoms with E-state index < -0.39 is 6.10 Å². The molecule has 0 aliphatic heterocycles. The molecule has 0 heterocycles. The Balaban J connectivity index is 2.66. The number of hydrogen-bond donors (Lipinski definition) is 2. The molecule has 4 heteroatoms. The lowest BCUT2D eigenvalue weighted by atomic mass is 10.1. The molecule has 0 spiro atoms. The number of aliphatic hydroxyl groups is 1. The van der Waals surface area contributed by atoms with E-state index in [1.165, 1.54) is 0 Å². The second kappa shape index (κ2) is 6.25. The Hall–Kier alpha value is -1.55. The van der Waals surface area contributed by atoms with Crippen molar-refractivity contribution in [1.29, 1.82) is 0 Å². The molecule has 0 radical (unpaired) electrons. The molecule has 1 aromatic carbocycles. The van der Waals surface area contributed by atoms with Gasteiger partial charge in [0.1, 0.15) is 0 Å². The Labute approximate surface area is 102 Å². The van der Waals surface area contributed by atoms with E-state index in [9.17, 15) is 9.90 Å². The van der Waals surface area contributed by atoms with E-state index in [1.807, 2.05) is 44.1 Å². The number of nitrogens with zero attached hydrogens (tertiary/aromatic N) is 1. The normalized spacial score (nSPS) is 12.0. The van der Waals surface area contributed by atoms with Gasteiger partial charge in [-0.25, -0.2) is 0 Å². The van der Waals surface area contributed by atoms with Crippen molar-refractivity contribution in [1.82, 2.24) is 5.32 Å². The third-order valence-electron chi connectivity index (χ3n) is 2.59. The highest BCUT2D eigenvalue weighted by Gasteiger charge is 2.08. The zero-order valence-electron chi connectivity index (χ0n) is 10.6. The number of hydrogen-bond acceptors (Lipinski definition) is 3. The Kier molecular flexibility index (Phi) is 4.97. The van der Waals surface area contributed by atoms with Gasteiger partial charge in [-0.1, -0.05) is 13.0 Å². The molecule has 4 nitrogen and oxygen atoms in total. The van der Waals surface area contributed by atoms with Crippen LogP contribution in [-0.4, -0.2) is 37.8 Å². The molecule has 0 aliphatic carbocycles. The first-order chi connectivity index (χ1) is 8.04. The fourth-order valence-corrected chi connectivity index (χ4v) is 1.38. The van der Waals surface area contributed by atoms with E-state index >= 15 is 0 Å². The predicted molar refractivity (Wildman–Crippen MR) is 69.4 cm³/mol. The smallest absolute Gasteiger partial charge is 0.251 e. The maximum atomic E-state index is 11.8. The lowest BCUT2D eigenvalue weighted by Gasteiger charge is -2.14. The number of carbonyl (C=O) groups is 1. The van der Waals surface area contributed by atoms with Crippen molar-refractivity contribution in [2.45, 2.75) is 19.4 Å². The van der Waals surface area contributed by atoms with Gasteiger partial charge >= 0.3 is 0 Å². The van der Waals surface area contributed by atoms with Crippen LogP contribution in [0.15, 0.2) is 24.3 Å². The molecule has 2 N–H and O–H groups in total. The predicted octanol–water partition coefficient (Wildman–Crippen LogP) is 1.25. The van der Waals surface area contributed by atoms with Crippen LogP contribution in [0.3, 0.4) is 0 Å². The molecule has 0 aliphatic rings. The summed E-state index contributed by atoms with van der Waals surface area (Å²) in [6, 6.07) is 7.38. The lowest BCUT2D eigenvalue weighted by Crippen LogP contribution is -2.31. The molecule has 17 heavy (non-hydrogen) atoms. The molecule has 1 rings (SSSR count). The summed E-state index contributed by atoms with van der Waals surface area (Å²) < 4.78 is 0. The Morgan fingerprint density at radius 2 is 2.18 bits per heavy atom. The van der Waals surface area contributed by atoms with E-state index in [-0.39, 0.29) is 5.91 Å². The first kappa shape index (κ1) is 13.5. The quantitative estimate of drug-likeness (QED) is 0.809. The van der Waals surface area contributed by atoms with Gasteiger partial charge in [0.05, 0.1) is 6.10 Å². The van der Waals surface area contributed by atoms with E-state index in [0.29, 0.717) is 18.5 Å².